The Bertz CT molecular complexity index is 499. The van der Waals surface area contributed by atoms with Crippen molar-refractivity contribution in [3.8, 4) is 11.8 Å². The van der Waals surface area contributed by atoms with E-state index in [1.54, 1.807) is 0 Å². The molecule has 0 aliphatic carbocycles. The van der Waals surface area contributed by atoms with E-state index in [0.717, 1.165) is 6.42 Å². The monoisotopic (exact) mass is 398 g/mol. The predicted octanol–water partition coefficient (Wildman–Crippen LogP) is 4.27. The van der Waals surface area contributed by atoms with Crippen LogP contribution in [0.4, 0.5) is 0 Å². The van der Waals surface area contributed by atoms with Crippen molar-refractivity contribution in [1.82, 2.24) is 0 Å². The second-order valence-electron chi connectivity index (χ2n) is 7.74. The van der Waals surface area contributed by atoms with Gasteiger partial charge in [0.2, 0.25) is 6.29 Å². The first kappa shape index (κ1) is 26.4. The van der Waals surface area contributed by atoms with E-state index in [4.69, 9.17) is 14.2 Å². The third-order valence-corrected chi connectivity index (χ3v) is 4.10. The van der Waals surface area contributed by atoms with Gasteiger partial charge in [-0.1, -0.05) is 33.6 Å². The largest absolute Gasteiger partial charge is 0.480 e. The van der Waals surface area contributed by atoms with Crippen LogP contribution in [0.15, 0.2) is 0 Å². The van der Waals surface area contributed by atoms with Crippen molar-refractivity contribution in [3.05, 3.63) is 0 Å². The maximum absolute atomic E-state index is 12.6. The molecule has 0 fully saturated rings. The van der Waals surface area contributed by atoms with Gasteiger partial charge in [-0.25, -0.2) is 0 Å². The molecule has 0 saturated carbocycles. The second kappa shape index (κ2) is 14.4. The second-order valence-corrected chi connectivity index (χ2v) is 7.74. The Labute approximate surface area is 170 Å². The molecule has 0 rings (SSSR count). The van der Waals surface area contributed by atoms with Crippen LogP contribution in [0.5, 0.6) is 0 Å². The highest BCUT2D eigenvalue weighted by molar-refractivity contribution is 5.99. The SMILES string of the molecule is CCOC(C#CCCCCOC(=O)C(CC(C)C)(CC(C)C)C(=O)O)OCC. The Hall–Kier alpha value is -1.58. The molecule has 0 atom stereocenters. The number of unbranched alkanes of at least 4 members (excludes halogenated alkanes) is 2. The fourth-order valence-corrected chi connectivity index (χ4v) is 3.11. The van der Waals surface area contributed by atoms with Gasteiger partial charge in [-0.15, -0.1) is 0 Å². The molecule has 0 bridgehead atoms. The Morgan fingerprint density at radius 3 is 1.93 bits per heavy atom. The average molecular weight is 399 g/mol. The predicted molar refractivity (Wildman–Crippen MR) is 109 cm³/mol. The molecule has 0 aromatic carbocycles. The third-order valence-electron chi connectivity index (χ3n) is 4.10. The highest BCUT2D eigenvalue weighted by Crippen LogP contribution is 2.35. The number of aliphatic carboxylic acids is 1. The van der Waals surface area contributed by atoms with Crippen LogP contribution >= 0.6 is 0 Å². The molecule has 6 nitrogen and oxygen atoms in total. The van der Waals surface area contributed by atoms with Gasteiger partial charge >= 0.3 is 11.9 Å². The number of hydrogen-bond donors (Lipinski definition) is 1. The van der Waals surface area contributed by atoms with Crippen molar-refractivity contribution in [2.24, 2.45) is 17.3 Å². The maximum Gasteiger partial charge on any atom is 0.323 e. The first-order valence-corrected chi connectivity index (χ1v) is 10.3. The van der Waals surface area contributed by atoms with Crippen LogP contribution in [0.2, 0.25) is 0 Å². The number of carbonyl (C=O) groups is 2. The van der Waals surface area contributed by atoms with Crippen LogP contribution in [0, 0.1) is 29.1 Å². The molecular weight excluding hydrogens is 360 g/mol. The molecule has 28 heavy (non-hydrogen) atoms. The zero-order valence-electron chi connectivity index (χ0n) is 18.4. The number of hydrogen-bond acceptors (Lipinski definition) is 5. The number of esters is 1. The van der Waals surface area contributed by atoms with Crippen LogP contribution in [0.1, 0.15) is 73.6 Å². The Kier molecular flexibility index (Phi) is 13.6. The normalized spacial score (nSPS) is 11.6. The summed E-state index contributed by atoms with van der Waals surface area (Å²) in [4.78, 5) is 24.6. The van der Waals surface area contributed by atoms with Crippen molar-refractivity contribution < 1.29 is 28.9 Å². The van der Waals surface area contributed by atoms with Crippen molar-refractivity contribution in [2.75, 3.05) is 19.8 Å². The van der Waals surface area contributed by atoms with Gasteiger partial charge in [0.05, 0.1) is 6.61 Å². The van der Waals surface area contributed by atoms with Gasteiger partial charge in [-0.2, -0.15) is 0 Å². The summed E-state index contributed by atoms with van der Waals surface area (Å²) in [6, 6.07) is 0. The van der Waals surface area contributed by atoms with E-state index < -0.39 is 23.6 Å². The Balaban J connectivity index is 4.58. The molecule has 1 N–H and O–H groups in total. The molecule has 0 amide bonds. The first-order chi connectivity index (χ1) is 13.2. The van der Waals surface area contributed by atoms with Crippen molar-refractivity contribution in [3.63, 3.8) is 0 Å². The summed E-state index contributed by atoms with van der Waals surface area (Å²) in [5.41, 5.74) is -1.47. The minimum Gasteiger partial charge on any atom is -0.480 e. The summed E-state index contributed by atoms with van der Waals surface area (Å²) < 4.78 is 16.0. The van der Waals surface area contributed by atoms with E-state index in [9.17, 15) is 14.7 Å². The first-order valence-electron chi connectivity index (χ1n) is 10.3. The summed E-state index contributed by atoms with van der Waals surface area (Å²) in [6.45, 7) is 12.7. The van der Waals surface area contributed by atoms with Gasteiger partial charge < -0.3 is 19.3 Å². The average Bonchev–Trinajstić information content (AvgIpc) is 2.59. The Morgan fingerprint density at radius 2 is 1.50 bits per heavy atom. The number of carboxylic acids is 1. The van der Waals surface area contributed by atoms with Crippen LogP contribution in [0.3, 0.4) is 0 Å². The fourth-order valence-electron chi connectivity index (χ4n) is 3.11. The highest BCUT2D eigenvalue weighted by Gasteiger charge is 2.48. The van der Waals surface area contributed by atoms with E-state index in [1.807, 2.05) is 41.5 Å². The van der Waals surface area contributed by atoms with Gasteiger partial charge in [0.1, 0.15) is 0 Å². The molecule has 6 heteroatoms. The lowest BCUT2D eigenvalue weighted by Gasteiger charge is -2.30. The molecule has 0 radical (unpaired) electrons. The minimum atomic E-state index is -1.47. The molecular formula is C22H38O6. The van der Waals surface area contributed by atoms with E-state index in [2.05, 4.69) is 11.8 Å². The van der Waals surface area contributed by atoms with Gasteiger partial charge in [-0.3, -0.25) is 9.59 Å². The standard InChI is InChI=1S/C22H38O6/c1-7-26-19(27-8-2)13-11-9-10-12-14-28-21(25)22(20(23)24,15-17(3)4)16-18(5)6/h17-19H,7-10,12,14-16H2,1-6H3,(H,23,24). The summed E-state index contributed by atoms with van der Waals surface area (Å²) in [5.74, 6) is 4.38. The molecule has 0 aromatic rings. The van der Waals surface area contributed by atoms with Gasteiger partial charge in [0.25, 0.3) is 0 Å². The lowest BCUT2D eigenvalue weighted by molar-refractivity contribution is -0.172. The zero-order valence-corrected chi connectivity index (χ0v) is 18.4. The van der Waals surface area contributed by atoms with Gasteiger partial charge in [0.15, 0.2) is 5.41 Å². The highest BCUT2D eigenvalue weighted by atomic mass is 16.7. The van der Waals surface area contributed by atoms with Crippen LogP contribution in [-0.4, -0.2) is 43.2 Å². The quantitative estimate of drug-likeness (QED) is 0.155. The van der Waals surface area contributed by atoms with E-state index in [1.165, 1.54) is 0 Å². The zero-order chi connectivity index (χ0) is 21.6. The molecule has 0 heterocycles. The minimum absolute atomic E-state index is 0.0845. The van der Waals surface area contributed by atoms with E-state index in [-0.39, 0.29) is 31.3 Å². The molecule has 162 valence electrons. The maximum atomic E-state index is 12.6. The summed E-state index contributed by atoms with van der Waals surface area (Å²) >= 11 is 0. The number of ether oxygens (including phenoxy) is 3. The van der Waals surface area contributed by atoms with Crippen molar-refractivity contribution >= 4 is 11.9 Å². The molecule has 0 aliphatic rings. The summed E-state index contributed by atoms with van der Waals surface area (Å²) in [7, 11) is 0. The molecule has 0 spiro atoms. The van der Waals surface area contributed by atoms with Gasteiger partial charge in [0, 0.05) is 19.6 Å². The summed E-state index contributed by atoms with van der Waals surface area (Å²) in [5, 5.41) is 9.76. The number of carboxylic acid groups (broad SMARTS) is 1. The Morgan fingerprint density at radius 1 is 0.964 bits per heavy atom. The van der Waals surface area contributed by atoms with Crippen molar-refractivity contribution in [2.45, 2.75) is 79.9 Å². The van der Waals surface area contributed by atoms with E-state index >= 15 is 0 Å². The molecule has 0 aliphatic heterocycles. The fraction of sp³-hybridized carbons (Fsp3) is 0.818. The topological polar surface area (TPSA) is 82.1 Å². The van der Waals surface area contributed by atoms with Crippen molar-refractivity contribution in [1.29, 1.82) is 0 Å². The smallest absolute Gasteiger partial charge is 0.323 e. The van der Waals surface area contributed by atoms with Gasteiger partial charge in [-0.05, 0) is 57.3 Å². The molecule has 0 saturated heterocycles. The number of carbonyl (C=O) groups excluding carboxylic acids is 1. The molecule has 0 unspecified atom stereocenters. The van der Waals surface area contributed by atoms with Crippen LogP contribution < -0.4 is 0 Å². The van der Waals surface area contributed by atoms with Crippen LogP contribution in [0.25, 0.3) is 0 Å². The number of rotatable bonds is 14. The summed E-state index contributed by atoms with van der Waals surface area (Å²) in [6.07, 6.45) is 2.07. The molecule has 0 aromatic heterocycles. The lowest BCUT2D eigenvalue weighted by Crippen LogP contribution is -2.43. The van der Waals surface area contributed by atoms with E-state index in [0.29, 0.717) is 26.1 Å². The van der Waals surface area contributed by atoms with Crippen LogP contribution in [-0.2, 0) is 23.8 Å². The third kappa shape index (κ3) is 10.1. The lowest BCUT2D eigenvalue weighted by atomic mass is 9.74.